The number of rotatable bonds is 4. The molecule has 2 fully saturated rings. The van der Waals surface area contributed by atoms with Crippen LogP contribution in [0.5, 0.6) is 0 Å². The van der Waals surface area contributed by atoms with Crippen LogP contribution in [0.1, 0.15) is 36.8 Å². The lowest BCUT2D eigenvalue weighted by Gasteiger charge is -2.47. The van der Waals surface area contributed by atoms with Crippen LogP contribution >= 0.6 is 22.9 Å². The molecule has 1 aromatic heterocycles. The summed E-state index contributed by atoms with van der Waals surface area (Å²) in [6.45, 7) is 3.30. The summed E-state index contributed by atoms with van der Waals surface area (Å²) in [6, 6.07) is 5.80. The van der Waals surface area contributed by atoms with Crippen molar-refractivity contribution >= 4 is 43.8 Å². The minimum Gasteiger partial charge on any atom is -0.348 e. The zero-order chi connectivity index (χ0) is 27.2. The van der Waals surface area contributed by atoms with Crippen LogP contribution < -0.4 is 10.5 Å². The van der Waals surface area contributed by atoms with Crippen LogP contribution in [0.4, 0.5) is 28.4 Å². The van der Waals surface area contributed by atoms with E-state index in [4.69, 9.17) is 11.6 Å². The average Bonchev–Trinajstić information content (AvgIpc) is 2.86. The maximum Gasteiger partial charge on any atom is 0.416 e. The summed E-state index contributed by atoms with van der Waals surface area (Å²) in [4.78, 5) is 31.4. The van der Waals surface area contributed by atoms with E-state index in [2.05, 4.69) is 9.88 Å². The van der Waals surface area contributed by atoms with Crippen molar-refractivity contribution in [1.29, 1.82) is 0 Å². The molecule has 0 atom stereocenters. The number of non-ortho nitro benzene ring substituents is 1. The lowest BCUT2D eigenvalue weighted by molar-refractivity contribution is -0.383. The van der Waals surface area contributed by atoms with E-state index in [0.29, 0.717) is 42.4 Å². The average molecular weight is 571 g/mol. The second-order valence-corrected chi connectivity index (χ2v) is 11.3. The summed E-state index contributed by atoms with van der Waals surface area (Å²) in [6.07, 6.45) is -1.31. The molecule has 2 aliphatic heterocycles. The van der Waals surface area contributed by atoms with E-state index in [-0.39, 0.29) is 21.1 Å². The van der Waals surface area contributed by atoms with E-state index in [9.17, 15) is 32.5 Å². The number of likely N-dealkylation sites (tertiary alicyclic amines) is 1. The molecule has 0 amide bonds. The van der Waals surface area contributed by atoms with Crippen LogP contribution in [0.2, 0.25) is 5.02 Å². The van der Waals surface area contributed by atoms with E-state index in [1.165, 1.54) is 6.07 Å². The van der Waals surface area contributed by atoms with E-state index in [1.54, 1.807) is 12.1 Å². The molecule has 0 bridgehead atoms. The Labute approximate surface area is 223 Å². The number of nitro benzene ring substituents is 1. The van der Waals surface area contributed by atoms with Crippen LogP contribution in [-0.2, 0) is 12.7 Å². The van der Waals surface area contributed by atoms with Gasteiger partial charge in [0.25, 0.3) is 11.2 Å². The van der Waals surface area contributed by atoms with Crippen LogP contribution in [0.15, 0.2) is 35.1 Å². The third-order valence-corrected chi connectivity index (χ3v) is 9.04. The van der Waals surface area contributed by atoms with E-state index < -0.39 is 33.3 Å². The van der Waals surface area contributed by atoms with Gasteiger partial charge in [-0.25, -0.2) is 4.39 Å². The Morgan fingerprint density at radius 3 is 2.34 bits per heavy atom. The fraction of sp³-hybridized carbons (Fsp3) is 0.440. The number of halogens is 5. The molecule has 0 unspecified atom stereocenters. The Bertz CT molecular complexity index is 1450. The minimum atomic E-state index is -4.82. The lowest BCUT2D eigenvalue weighted by atomic mass is 9.71. The molecule has 2 aromatic carbocycles. The summed E-state index contributed by atoms with van der Waals surface area (Å²) in [5, 5.41) is 11.8. The molecule has 2 saturated heterocycles. The summed E-state index contributed by atoms with van der Waals surface area (Å²) >= 11 is 6.72. The van der Waals surface area contributed by atoms with Gasteiger partial charge < -0.3 is 4.90 Å². The number of benzene rings is 2. The quantitative estimate of drug-likeness (QED) is 0.209. The van der Waals surface area contributed by atoms with Gasteiger partial charge in [0.15, 0.2) is 5.13 Å². The van der Waals surface area contributed by atoms with Gasteiger partial charge in [-0.3, -0.25) is 19.8 Å². The zero-order valence-corrected chi connectivity index (χ0v) is 21.6. The standard InChI is InChI=1S/C25H23ClF4N4O3S/c26-17-2-1-15(19(27)13-17)14-32-7-3-24(4-8-32)5-9-33(10-6-24)23-31-22(35)18-11-16(25(28,29)30)12-20(34(36)37)21(18)38-23/h1-2,11-13H,3-10,14H2. The molecular formula is C25H23ClF4N4O3S. The third-order valence-electron chi connectivity index (χ3n) is 7.63. The fourth-order valence-electron chi connectivity index (χ4n) is 5.32. The highest BCUT2D eigenvalue weighted by Crippen LogP contribution is 2.44. The molecule has 7 nitrogen and oxygen atoms in total. The molecule has 0 saturated carbocycles. The first-order chi connectivity index (χ1) is 17.9. The van der Waals surface area contributed by atoms with Gasteiger partial charge in [0.1, 0.15) is 10.5 Å². The third kappa shape index (κ3) is 5.34. The van der Waals surface area contributed by atoms with Gasteiger partial charge in [-0.05, 0) is 62.4 Å². The van der Waals surface area contributed by atoms with Crippen molar-refractivity contribution < 1.29 is 22.5 Å². The monoisotopic (exact) mass is 570 g/mol. The molecule has 0 N–H and O–H groups in total. The zero-order valence-electron chi connectivity index (χ0n) is 20.1. The summed E-state index contributed by atoms with van der Waals surface area (Å²) < 4.78 is 53.8. The SMILES string of the molecule is O=c1nc(N2CCC3(CCN(Cc4ccc(Cl)cc4F)CC3)CC2)sc2c([N+](=O)[O-])cc(C(F)(F)F)cc12. The molecule has 38 heavy (non-hydrogen) atoms. The van der Waals surface area contributed by atoms with Crippen molar-refractivity contribution in [3.05, 3.63) is 72.8 Å². The van der Waals surface area contributed by atoms with Gasteiger partial charge in [-0.15, -0.1) is 0 Å². The first kappa shape index (κ1) is 26.8. The normalized spacial score (nSPS) is 18.3. The highest BCUT2D eigenvalue weighted by Gasteiger charge is 2.39. The number of anilines is 1. The van der Waals surface area contributed by atoms with Crippen molar-refractivity contribution in [2.45, 2.75) is 38.4 Å². The molecule has 3 heterocycles. The summed E-state index contributed by atoms with van der Waals surface area (Å²) in [5.41, 5.74) is -2.21. The highest BCUT2D eigenvalue weighted by atomic mass is 35.5. The Hall–Kier alpha value is -2.83. The molecule has 202 valence electrons. The molecule has 13 heteroatoms. The van der Waals surface area contributed by atoms with Gasteiger partial charge in [-0.1, -0.05) is 29.0 Å². The Morgan fingerprint density at radius 1 is 1.08 bits per heavy atom. The number of hydrogen-bond acceptors (Lipinski definition) is 7. The van der Waals surface area contributed by atoms with Crippen molar-refractivity contribution in [3.63, 3.8) is 0 Å². The summed E-state index contributed by atoms with van der Waals surface area (Å²) in [7, 11) is 0. The van der Waals surface area contributed by atoms with Gasteiger partial charge in [0, 0.05) is 36.3 Å². The highest BCUT2D eigenvalue weighted by molar-refractivity contribution is 7.22. The predicted octanol–water partition coefficient (Wildman–Crippen LogP) is 6.26. The van der Waals surface area contributed by atoms with E-state index >= 15 is 0 Å². The topological polar surface area (TPSA) is 79.6 Å². The van der Waals surface area contributed by atoms with Gasteiger partial charge >= 0.3 is 6.18 Å². The second-order valence-electron chi connectivity index (χ2n) is 9.93. The van der Waals surface area contributed by atoms with Crippen molar-refractivity contribution in [3.8, 4) is 0 Å². The van der Waals surface area contributed by atoms with Crippen LogP contribution in [0, 0.1) is 21.3 Å². The molecule has 3 aromatic rings. The maximum atomic E-state index is 14.2. The summed E-state index contributed by atoms with van der Waals surface area (Å²) in [5.74, 6) is -0.317. The largest absolute Gasteiger partial charge is 0.416 e. The Morgan fingerprint density at radius 2 is 1.74 bits per heavy atom. The molecule has 5 rings (SSSR count). The number of hydrogen-bond donors (Lipinski definition) is 0. The molecular weight excluding hydrogens is 548 g/mol. The Kier molecular flexibility index (Phi) is 7.08. The van der Waals surface area contributed by atoms with Crippen LogP contribution in [0.3, 0.4) is 0 Å². The number of fused-ring (bicyclic) bond motifs is 1. The molecule has 0 aliphatic carbocycles. The van der Waals surface area contributed by atoms with Crippen LogP contribution in [-0.4, -0.2) is 41.0 Å². The van der Waals surface area contributed by atoms with E-state index in [0.717, 1.165) is 50.1 Å². The fourth-order valence-corrected chi connectivity index (χ4v) is 6.60. The number of nitro groups is 1. The van der Waals surface area contributed by atoms with Gasteiger partial charge in [-0.2, -0.15) is 18.2 Å². The van der Waals surface area contributed by atoms with Gasteiger partial charge in [0.05, 0.1) is 15.9 Å². The van der Waals surface area contributed by atoms with E-state index in [1.807, 2.05) is 4.90 Å². The van der Waals surface area contributed by atoms with Crippen molar-refractivity contribution in [1.82, 2.24) is 9.88 Å². The van der Waals surface area contributed by atoms with Gasteiger partial charge in [0.2, 0.25) is 0 Å². The number of alkyl halides is 3. The number of aromatic nitrogens is 1. The van der Waals surface area contributed by atoms with Crippen LogP contribution in [0.25, 0.3) is 10.1 Å². The number of nitrogens with zero attached hydrogens (tertiary/aromatic N) is 4. The number of piperidine rings is 2. The van der Waals surface area contributed by atoms with Crippen molar-refractivity contribution in [2.75, 3.05) is 31.1 Å². The van der Waals surface area contributed by atoms with Crippen molar-refractivity contribution in [2.24, 2.45) is 5.41 Å². The predicted molar refractivity (Wildman–Crippen MR) is 137 cm³/mol. The molecule has 2 aliphatic rings. The smallest absolute Gasteiger partial charge is 0.348 e. The lowest BCUT2D eigenvalue weighted by Crippen LogP contribution is -2.47. The molecule has 0 radical (unpaired) electrons. The maximum absolute atomic E-state index is 14.2. The second kappa shape index (κ2) is 10.0. The first-order valence-electron chi connectivity index (χ1n) is 12.1. The molecule has 1 spiro atoms. The minimum absolute atomic E-state index is 0.0982. The Balaban J connectivity index is 1.29. The first-order valence-corrected chi connectivity index (χ1v) is 13.3.